The van der Waals surface area contributed by atoms with Crippen LogP contribution in [0, 0.1) is 16.0 Å². The van der Waals surface area contributed by atoms with E-state index in [1.165, 1.54) is 30.7 Å². The first kappa shape index (κ1) is 18.6. The van der Waals surface area contributed by atoms with Crippen molar-refractivity contribution in [1.82, 2.24) is 5.32 Å². The number of nitro groups is 1. The van der Waals surface area contributed by atoms with Crippen LogP contribution in [0.4, 0.5) is 5.69 Å². The molecule has 1 aliphatic carbocycles. The zero-order chi connectivity index (χ0) is 18.2. The second-order valence-corrected chi connectivity index (χ2v) is 6.23. The number of rotatable bonds is 6. The first-order chi connectivity index (χ1) is 12.0. The number of carbonyl (C=O) groups excluding carboxylic acids is 2. The fourth-order valence-electron chi connectivity index (χ4n) is 2.87. The lowest BCUT2D eigenvalue weighted by atomic mass is 9.86. The number of carbonyl (C=O) groups is 2. The summed E-state index contributed by atoms with van der Waals surface area (Å²) in [5, 5.41) is 13.6. The van der Waals surface area contributed by atoms with Crippen molar-refractivity contribution in [3.8, 4) is 0 Å². The van der Waals surface area contributed by atoms with Crippen molar-refractivity contribution in [3.63, 3.8) is 0 Å². The van der Waals surface area contributed by atoms with Gasteiger partial charge >= 0.3 is 5.97 Å². The van der Waals surface area contributed by atoms with Gasteiger partial charge in [0.15, 0.2) is 6.61 Å². The Kier molecular flexibility index (Phi) is 6.68. The summed E-state index contributed by atoms with van der Waals surface area (Å²) in [5.41, 5.74) is 0.447. The van der Waals surface area contributed by atoms with Gasteiger partial charge in [0.2, 0.25) is 0 Å². The summed E-state index contributed by atoms with van der Waals surface area (Å²) in [6, 6.07) is 6.02. The smallest absolute Gasteiger partial charge is 0.331 e. The Morgan fingerprint density at radius 1 is 1.36 bits per heavy atom. The molecule has 1 amide bonds. The van der Waals surface area contributed by atoms with E-state index >= 15 is 0 Å². The van der Waals surface area contributed by atoms with E-state index in [1.807, 2.05) is 0 Å². The molecule has 0 spiro atoms. The molecule has 7 heteroatoms. The van der Waals surface area contributed by atoms with Crippen molar-refractivity contribution in [2.45, 2.75) is 38.6 Å². The highest BCUT2D eigenvalue weighted by Gasteiger charge is 2.22. The Morgan fingerprint density at radius 3 is 2.84 bits per heavy atom. The van der Waals surface area contributed by atoms with Crippen molar-refractivity contribution in [1.29, 1.82) is 0 Å². The molecule has 134 valence electrons. The summed E-state index contributed by atoms with van der Waals surface area (Å²) < 4.78 is 4.91. The number of nitrogens with one attached hydrogen (secondary N) is 1. The van der Waals surface area contributed by atoms with E-state index in [2.05, 4.69) is 12.2 Å². The Hall–Kier alpha value is -2.70. The Labute approximate surface area is 146 Å². The molecule has 0 bridgehead atoms. The van der Waals surface area contributed by atoms with Gasteiger partial charge in [0.05, 0.1) is 4.92 Å². The van der Waals surface area contributed by atoms with Crippen LogP contribution in [0.1, 0.15) is 38.2 Å². The number of nitro benzene ring substituents is 1. The van der Waals surface area contributed by atoms with Crippen LogP contribution in [-0.2, 0) is 14.3 Å². The van der Waals surface area contributed by atoms with Crippen molar-refractivity contribution >= 4 is 23.6 Å². The molecule has 0 unspecified atom stereocenters. The predicted molar refractivity (Wildman–Crippen MR) is 92.7 cm³/mol. The summed E-state index contributed by atoms with van der Waals surface area (Å²) in [7, 11) is 0. The summed E-state index contributed by atoms with van der Waals surface area (Å²) in [6.45, 7) is 1.78. The number of hydrogen-bond acceptors (Lipinski definition) is 5. The monoisotopic (exact) mass is 346 g/mol. The van der Waals surface area contributed by atoms with Crippen LogP contribution in [0.3, 0.4) is 0 Å². The van der Waals surface area contributed by atoms with Gasteiger partial charge in [0, 0.05) is 24.3 Å². The molecular formula is C18H22N2O5. The van der Waals surface area contributed by atoms with Crippen LogP contribution in [0.15, 0.2) is 30.3 Å². The lowest BCUT2D eigenvalue weighted by molar-refractivity contribution is -0.384. The standard InChI is InChI=1S/C18H22N2O5/c1-13-5-2-3-8-16(13)19-17(21)12-25-18(22)10-9-14-6-4-7-15(11-14)20(23)24/h4,6-7,9-11,13,16H,2-3,5,8,12H2,1H3,(H,19,21)/b10-9+/t13-,16+/m1/s1. The predicted octanol–water partition coefficient (Wildman–Crippen LogP) is 2.85. The number of amides is 1. The van der Waals surface area contributed by atoms with Gasteiger partial charge in [-0.1, -0.05) is 31.9 Å². The Morgan fingerprint density at radius 2 is 2.12 bits per heavy atom. The van der Waals surface area contributed by atoms with Crippen LogP contribution in [-0.4, -0.2) is 29.4 Å². The molecule has 1 saturated carbocycles. The van der Waals surface area contributed by atoms with E-state index in [0.29, 0.717) is 11.5 Å². The summed E-state index contributed by atoms with van der Waals surface area (Å²) in [5.74, 6) is -0.545. The number of hydrogen-bond donors (Lipinski definition) is 1. The van der Waals surface area contributed by atoms with E-state index in [1.54, 1.807) is 6.07 Å². The molecule has 1 aliphatic rings. The quantitative estimate of drug-likeness (QED) is 0.370. The Balaban J connectivity index is 1.79. The third kappa shape index (κ3) is 6.02. The highest BCUT2D eigenvalue weighted by molar-refractivity contribution is 5.89. The molecule has 7 nitrogen and oxygen atoms in total. The number of nitrogens with zero attached hydrogens (tertiary/aromatic N) is 1. The summed E-state index contributed by atoms with van der Waals surface area (Å²) in [4.78, 5) is 33.7. The molecule has 1 aromatic carbocycles. The second-order valence-electron chi connectivity index (χ2n) is 6.23. The zero-order valence-electron chi connectivity index (χ0n) is 14.1. The lowest BCUT2D eigenvalue weighted by Gasteiger charge is -2.29. The third-order valence-electron chi connectivity index (χ3n) is 4.30. The van der Waals surface area contributed by atoms with Gasteiger partial charge in [-0.3, -0.25) is 14.9 Å². The first-order valence-electron chi connectivity index (χ1n) is 8.34. The molecule has 0 aromatic heterocycles. The van der Waals surface area contributed by atoms with Crippen molar-refractivity contribution in [3.05, 3.63) is 46.0 Å². The molecule has 0 aliphatic heterocycles. The Bertz CT molecular complexity index is 671. The minimum absolute atomic E-state index is 0.0588. The zero-order valence-corrected chi connectivity index (χ0v) is 14.1. The summed E-state index contributed by atoms with van der Waals surface area (Å²) >= 11 is 0. The largest absolute Gasteiger partial charge is 0.452 e. The van der Waals surface area contributed by atoms with Crippen LogP contribution < -0.4 is 5.32 Å². The fraction of sp³-hybridized carbons (Fsp3) is 0.444. The van der Waals surface area contributed by atoms with Crippen molar-refractivity contribution in [2.75, 3.05) is 6.61 Å². The molecule has 1 N–H and O–H groups in total. The molecule has 0 saturated heterocycles. The van der Waals surface area contributed by atoms with E-state index in [9.17, 15) is 19.7 Å². The third-order valence-corrected chi connectivity index (χ3v) is 4.30. The van der Waals surface area contributed by atoms with Gasteiger partial charge in [-0.2, -0.15) is 0 Å². The second kappa shape index (κ2) is 8.96. The van der Waals surface area contributed by atoms with Crippen molar-refractivity contribution in [2.24, 2.45) is 5.92 Å². The van der Waals surface area contributed by atoms with Gasteiger partial charge in [-0.25, -0.2) is 4.79 Å². The number of ether oxygens (including phenoxy) is 1. The molecule has 2 atom stereocenters. The number of non-ortho nitro benzene ring substituents is 1. The molecule has 0 heterocycles. The van der Waals surface area contributed by atoms with E-state index in [0.717, 1.165) is 25.3 Å². The van der Waals surface area contributed by atoms with Gasteiger partial charge in [0.25, 0.3) is 11.6 Å². The van der Waals surface area contributed by atoms with E-state index < -0.39 is 10.9 Å². The summed E-state index contributed by atoms with van der Waals surface area (Å²) in [6.07, 6.45) is 6.89. The SMILES string of the molecule is C[C@@H]1CCCC[C@@H]1NC(=O)COC(=O)/C=C/c1cccc([N+](=O)[O-])c1. The van der Waals surface area contributed by atoms with Crippen LogP contribution >= 0.6 is 0 Å². The highest BCUT2D eigenvalue weighted by Crippen LogP contribution is 2.23. The van der Waals surface area contributed by atoms with Crippen LogP contribution in [0.2, 0.25) is 0 Å². The minimum atomic E-state index is -0.668. The highest BCUT2D eigenvalue weighted by atomic mass is 16.6. The van der Waals surface area contributed by atoms with Gasteiger partial charge in [-0.15, -0.1) is 0 Å². The average molecular weight is 346 g/mol. The molecule has 1 aromatic rings. The number of benzene rings is 1. The molecule has 1 fully saturated rings. The maximum absolute atomic E-state index is 11.9. The lowest BCUT2D eigenvalue weighted by Crippen LogP contribution is -2.42. The minimum Gasteiger partial charge on any atom is -0.452 e. The van der Waals surface area contributed by atoms with Gasteiger partial charge in [0.1, 0.15) is 0 Å². The number of esters is 1. The van der Waals surface area contributed by atoms with Crippen molar-refractivity contribution < 1.29 is 19.2 Å². The topological polar surface area (TPSA) is 98.5 Å². The molecular weight excluding hydrogens is 324 g/mol. The normalized spacial score (nSPS) is 20.2. The maximum Gasteiger partial charge on any atom is 0.331 e. The van der Waals surface area contributed by atoms with E-state index in [4.69, 9.17) is 4.74 Å². The fourth-order valence-corrected chi connectivity index (χ4v) is 2.87. The van der Waals surface area contributed by atoms with E-state index in [-0.39, 0.29) is 24.2 Å². The molecule has 0 radical (unpaired) electrons. The van der Waals surface area contributed by atoms with Crippen LogP contribution in [0.5, 0.6) is 0 Å². The first-order valence-corrected chi connectivity index (χ1v) is 8.34. The van der Waals surface area contributed by atoms with Crippen LogP contribution in [0.25, 0.3) is 6.08 Å². The molecule has 25 heavy (non-hydrogen) atoms. The molecule has 2 rings (SSSR count). The van der Waals surface area contributed by atoms with Gasteiger partial charge in [-0.05, 0) is 30.4 Å². The maximum atomic E-state index is 11.9. The van der Waals surface area contributed by atoms with Gasteiger partial charge < -0.3 is 10.1 Å². The average Bonchev–Trinajstić information content (AvgIpc) is 2.60.